The number of amides is 1. The number of rotatable bonds is 2. The van der Waals surface area contributed by atoms with Crippen molar-refractivity contribution in [1.29, 1.82) is 5.26 Å². The van der Waals surface area contributed by atoms with Crippen LogP contribution >= 0.6 is 0 Å². The molecule has 0 radical (unpaired) electrons. The van der Waals surface area contributed by atoms with Crippen molar-refractivity contribution in [3.8, 4) is 6.07 Å². The summed E-state index contributed by atoms with van der Waals surface area (Å²) in [6, 6.07) is 2.96. The van der Waals surface area contributed by atoms with Gasteiger partial charge < -0.3 is 10.2 Å². The van der Waals surface area contributed by atoms with Crippen molar-refractivity contribution in [2.24, 2.45) is 5.41 Å². The average molecular weight is 235 g/mol. The summed E-state index contributed by atoms with van der Waals surface area (Å²) < 4.78 is 0. The van der Waals surface area contributed by atoms with Crippen LogP contribution in [0, 0.1) is 16.7 Å². The molecule has 0 aromatic heterocycles. The summed E-state index contributed by atoms with van der Waals surface area (Å²) in [5.41, 5.74) is -0.702. The normalized spacial score (nSPS) is 32.3. The van der Waals surface area contributed by atoms with Crippen LogP contribution in [0.5, 0.6) is 0 Å². The first-order valence-electron chi connectivity index (χ1n) is 6.50. The van der Waals surface area contributed by atoms with Crippen LogP contribution in [-0.2, 0) is 4.79 Å². The summed E-state index contributed by atoms with van der Waals surface area (Å²) in [5, 5.41) is 12.2. The number of hydrogen-bond acceptors (Lipinski definition) is 3. The van der Waals surface area contributed by atoms with Gasteiger partial charge >= 0.3 is 0 Å². The fraction of sp³-hybridized carbons (Fsp3) is 0.846. The molecule has 0 bridgehead atoms. The summed E-state index contributed by atoms with van der Waals surface area (Å²) in [7, 11) is 2.12. The molecule has 1 N–H and O–H groups in total. The minimum atomic E-state index is -0.702. The molecule has 1 aliphatic carbocycles. The van der Waals surface area contributed by atoms with Crippen LogP contribution < -0.4 is 5.32 Å². The Balaban J connectivity index is 1.89. The molecule has 4 heteroatoms. The highest BCUT2D eigenvalue weighted by atomic mass is 16.2. The molecule has 2 fully saturated rings. The molecule has 1 heterocycles. The zero-order valence-corrected chi connectivity index (χ0v) is 10.7. The third-order valence-corrected chi connectivity index (χ3v) is 4.40. The predicted octanol–water partition coefficient (Wildman–Crippen LogP) is 1.28. The van der Waals surface area contributed by atoms with E-state index < -0.39 is 5.41 Å². The molecule has 94 valence electrons. The topological polar surface area (TPSA) is 56.1 Å². The third-order valence-electron chi connectivity index (χ3n) is 4.40. The molecule has 1 aliphatic heterocycles. The van der Waals surface area contributed by atoms with Crippen LogP contribution in [0.15, 0.2) is 0 Å². The zero-order chi connectivity index (χ0) is 12.5. The minimum absolute atomic E-state index is 0.0343. The van der Waals surface area contributed by atoms with Crippen molar-refractivity contribution in [2.75, 3.05) is 13.6 Å². The summed E-state index contributed by atoms with van der Waals surface area (Å²) in [6.07, 6.45) is 4.46. The maximum atomic E-state index is 12.1. The van der Waals surface area contributed by atoms with Crippen molar-refractivity contribution >= 4 is 5.91 Å². The van der Waals surface area contributed by atoms with Crippen LogP contribution in [0.4, 0.5) is 0 Å². The van der Waals surface area contributed by atoms with Gasteiger partial charge in [-0.2, -0.15) is 5.26 Å². The van der Waals surface area contributed by atoms with Crippen LogP contribution in [0.1, 0.15) is 39.0 Å². The van der Waals surface area contributed by atoms with Gasteiger partial charge in [-0.15, -0.1) is 0 Å². The highest BCUT2D eigenvalue weighted by Gasteiger charge is 2.45. The quantitative estimate of drug-likeness (QED) is 0.784. The van der Waals surface area contributed by atoms with E-state index in [4.69, 9.17) is 5.26 Å². The first-order chi connectivity index (χ1) is 8.07. The van der Waals surface area contributed by atoms with E-state index in [-0.39, 0.29) is 11.9 Å². The SMILES string of the molecule is CC1CC(NC(=O)C2(C#N)CCC2)CCN1C. The van der Waals surface area contributed by atoms with Gasteiger partial charge in [-0.1, -0.05) is 0 Å². The van der Waals surface area contributed by atoms with E-state index in [0.717, 1.165) is 38.6 Å². The molecule has 0 spiro atoms. The Bertz CT molecular complexity index is 343. The van der Waals surface area contributed by atoms with Gasteiger partial charge in [-0.05, 0) is 46.1 Å². The maximum absolute atomic E-state index is 12.1. The van der Waals surface area contributed by atoms with Gasteiger partial charge in [0.1, 0.15) is 5.41 Å². The summed E-state index contributed by atoms with van der Waals surface area (Å²) in [5.74, 6) is -0.0343. The van der Waals surface area contributed by atoms with E-state index in [1.54, 1.807) is 0 Å². The van der Waals surface area contributed by atoms with Gasteiger partial charge in [-0.3, -0.25) is 4.79 Å². The van der Waals surface area contributed by atoms with Crippen LogP contribution in [0.3, 0.4) is 0 Å². The minimum Gasteiger partial charge on any atom is -0.352 e. The molecule has 2 rings (SSSR count). The molecular formula is C13H21N3O. The summed E-state index contributed by atoms with van der Waals surface area (Å²) in [6.45, 7) is 3.20. The van der Waals surface area contributed by atoms with Gasteiger partial charge in [0.2, 0.25) is 5.91 Å². The molecule has 2 atom stereocenters. The van der Waals surface area contributed by atoms with Gasteiger partial charge in [0.05, 0.1) is 6.07 Å². The second-order valence-corrected chi connectivity index (χ2v) is 5.57. The molecule has 2 unspecified atom stereocenters. The van der Waals surface area contributed by atoms with Crippen LogP contribution in [-0.4, -0.2) is 36.5 Å². The molecule has 4 nitrogen and oxygen atoms in total. The lowest BCUT2D eigenvalue weighted by Crippen LogP contribution is -2.52. The van der Waals surface area contributed by atoms with Gasteiger partial charge in [0, 0.05) is 18.6 Å². The largest absolute Gasteiger partial charge is 0.352 e. The van der Waals surface area contributed by atoms with E-state index in [2.05, 4.69) is 30.3 Å². The number of nitrogens with one attached hydrogen (secondary N) is 1. The standard InChI is InChI=1S/C13H21N3O/c1-10-8-11(4-7-16(10)2)15-12(17)13(9-14)5-3-6-13/h10-11H,3-8H2,1-2H3,(H,15,17). The van der Waals surface area contributed by atoms with Crippen molar-refractivity contribution in [1.82, 2.24) is 10.2 Å². The molecule has 1 amide bonds. The van der Waals surface area contributed by atoms with E-state index in [1.807, 2.05) is 0 Å². The number of carbonyl (C=O) groups excluding carboxylic acids is 1. The summed E-state index contributed by atoms with van der Waals surface area (Å²) >= 11 is 0. The molecule has 17 heavy (non-hydrogen) atoms. The van der Waals surface area contributed by atoms with Crippen LogP contribution in [0.25, 0.3) is 0 Å². The van der Waals surface area contributed by atoms with E-state index in [9.17, 15) is 4.79 Å². The Hall–Kier alpha value is -1.08. The second kappa shape index (κ2) is 4.66. The molecule has 1 saturated carbocycles. The highest BCUT2D eigenvalue weighted by molar-refractivity contribution is 5.86. The molecule has 2 aliphatic rings. The first kappa shape index (κ1) is 12.4. The number of nitriles is 1. The van der Waals surface area contributed by atoms with Crippen molar-refractivity contribution in [3.63, 3.8) is 0 Å². The Morgan fingerprint density at radius 1 is 1.53 bits per heavy atom. The molecular weight excluding hydrogens is 214 g/mol. The van der Waals surface area contributed by atoms with Crippen molar-refractivity contribution in [2.45, 2.75) is 51.1 Å². The van der Waals surface area contributed by atoms with Crippen molar-refractivity contribution in [3.05, 3.63) is 0 Å². The van der Waals surface area contributed by atoms with Gasteiger partial charge in [-0.25, -0.2) is 0 Å². The number of hydrogen-bond donors (Lipinski definition) is 1. The number of carbonyl (C=O) groups is 1. The van der Waals surface area contributed by atoms with E-state index >= 15 is 0 Å². The second-order valence-electron chi connectivity index (χ2n) is 5.57. The van der Waals surface area contributed by atoms with Crippen LogP contribution in [0.2, 0.25) is 0 Å². The number of nitrogens with zero attached hydrogens (tertiary/aromatic N) is 2. The highest BCUT2D eigenvalue weighted by Crippen LogP contribution is 2.40. The van der Waals surface area contributed by atoms with E-state index in [1.165, 1.54) is 0 Å². The smallest absolute Gasteiger partial charge is 0.240 e. The Labute approximate surface area is 103 Å². The number of likely N-dealkylation sites (tertiary alicyclic amines) is 1. The lowest BCUT2D eigenvalue weighted by molar-refractivity contribution is -0.132. The fourth-order valence-electron chi connectivity index (χ4n) is 2.66. The Morgan fingerprint density at radius 2 is 2.24 bits per heavy atom. The van der Waals surface area contributed by atoms with Gasteiger partial charge in [0.15, 0.2) is 0 Å². The first-order valence-corrected chi connectivity index (χ1v) is 6.50. The fourth-order valence-corrected chi connectivity index (χ4v) is 2.66. The molecule has 1 saturated heterocycles. The van der Waals surface area contributed by atoms with E-state index in [0.29, 0.717) is 6.04 Å². The lowest BCUT2D eigenvalue weighted by atomic mass is 9.69. The third kappa shape index (κ3) is 2.30. The Kier molecular flexibility index (Phi) is 3.39. The molecule has 0 aromatic carbocycles. The lowest BCUT2D eigenvalue weighted by Gasteiger charge is -2.39. The number of piperidine rings is 1. The van der Waals surface area contributed by atoms with Gasteiger partial charge in [0.25, 0.3) is 0 Å². The summed E-state index contributed by atoms with van der Waals surface area (Å²) in [4.78, 5) is 14.4. The predicted molar refractivity (Wildman–Crippen MR) is 65.2 cm³/mol. The Morgan fingerprint density at radius 3 is 2.71 bits per heavy atom. The van der Waals surface area contributed by atoms with Crippen molar-refractivity contribution < 1.29 is 4.79 Å². The average Bonchev–Trinajstić information content (AvgIpc) is 2.23. The maximum Gasteiger partial charge on any atom is 0.240 e. The monoisotopic (exact) mass is 235 g/mol. The zero-order valence-electron chi connectivity index (χ0n) is 10.7. The molecule has 0 aromatic rings.